The van der Waals surface area contributed by atoms with Crippen molar-refractivity contribution in [2.45, 2.75) is 12.8 Å². The second kappa shape index (κ2) is 4.77. The Bertz CT molecular complexity index is 284. The van der Waals surface area contributed by atoms with Crippen LogP contribution in [0, 0.1) is 0 Å². The minimum atomic E-state index is 0.466. The first kappa shape index (κ1) is 9.93. The third kappa shape index (κ3) is 2.72. The SMILES string of the molecule is O=[C]CCc1ccc(Br)c(Br)c1. The van der Waals surface area contributed by atoms with E-state index in [1.807, 2.05) is 24.5 Å². The van der Waals surface area contributed by atoms with E-state index in [9.17, 15) is 4.79 Å². The third-order valence-corrected chi connectivity index (χ3v) is 3.38. The van der Waals surface area contributed by atoms with Gasteiger partial charge < -0.3 is 0 Å². The minimum absolute atomic E-state index is 0.466. The van der Waals surface area contributed by atoms with Gasteiger partial charge in [0.2, 0.25) is 0 Å². The molecule has 0 heterocycles. The van der Waals surface area contributed by atoms with Crippen LogP contribution in [0.4, 0.5) is 0 Å². The van der Waals surface area contributed by atoms with Crippen molar-refractivity contribution in [3.05, 3.63) is 32.7 Å². The second-order valence-electron chi connectivity index (χ2n) is 2.39. The Morgan fingerprint density at radius 3 is 2.58 bits per heavy atom. The summed E-state index contributed by atoms with van der Waals surface area (Å²) >= 11 is 6.77. The van der Waals surface area contributed by atoms with Gasteiger partial charge >= 0.3 is 0 Å². The Labute approximate surface area is 88.4 Å². The average molecular weight is 291 g/mol. The van der Waals surface area contributed by atoms with Gasteiger partial charge in [0.25, 0.3) is 0 Å². The first-order valence-corrected chi connectivity index (χ1v) is 5.11. The Morgan fingerprint density at radius 2 is 2.00 bits per heavy atom. The van der Waals surface area contributed by atoms with Crippen molar-refractivity contribution in [2.75, 3.05) is 0 Å². The highest BCUT2D eigenvalue weighted by Gasteiger charge is 1.97. The highest BCUT2D eigenvalue weighted by Crippen LogP contribution is 2.24. The molecular formula is C9H7Br2O. The molecule has 0 unspecified atom stereocenters. The van der Waals surface area contributed by atoms with Gasteiger partial charge in [-0.1, -0.05) is 6.07 Å². The topological polar surface area (TPSA) is 17.1 Å². The summed E-state index contributed by atoms with van der Waals surface area (Å²) in [6.07, 6.45) is 3.10. The molecule has 0 aliphatic rings. The number of benzene rings is 1. The van der Waals surface area contributed by atoms with E-state index in [2.05, 4.69) is 31.9 Å². The molecule has 0 saturated carbocycles. The number of halogens is 2. The van der Waals surface area contributed by atoms with Gasteiger partial charge in [0.1, 0.15) is 0 Å². The number of hydrogen-bond donors (Lipinski definition) is 0. The summed E-state index contributed by atoms with van der Waals surface area (Å²) in [7, 11) is 0. The van der Waals surface area contributed by atoms with E-state index in [4.69, 9.17) is 0 Å². The van der Waals surface area contributed by atoms with E-state index < -0.39 is 0 Å². The molecule has 0 N–H and O–H groups in total. The molecule has 0 aliphatic carbocycles. The van der Waals surface area contributed by atoms with Crippen LogP contribution >= 0.6 is 31.9 Å². The fourth-order valence-electron chi connectivity index (χ4n) is 0.891. The molecule has 0 fully saturated rings. The van der Waals surface area contributed by atoms with Gasteiger partial charge in [0, 0.05) is 15.4 Å². The maximum Gasteiger partial charge on any atom is 0.198 e. The lowest BCUT2D eigenvalue weighted by Crippen LogP contribution is -1.85. The molecule has 63 valence electrons. The molecule has 1 radical (unpaired) electrons. The smallest absolute Gasteiger partial charge is 0.198 e. The van der Waals surface area contributed by atoms with E-state index in [0.29, 0.717) is 6.42 Å². The van der Waals surface area contributed by atoms with Crippen molar-refractivity contribution >= 4 is 38.1 Å². The fourth-order valence-corrected chi connectivity index (χ4v) is 1.56. The monoisotopic (exact) mass is 289 g/mol. The molecule has 0 aromatic heterocycles. The third-order valence-electron chi connectivity index (χ3n) is 1.50. The molecule has 0 atom stereocenters. The predicted molar refractivity (Wildman–Crippen MR) is 55.9 cm³/mol. The standard InChI is InChI=1S/C9H7Br2O/c10-8-4-3-7(2-1-5-12)6-9(8)11/h3-4,6H,1-2H2. The van der Waals surface area contributed by atoms with Crippen molar-refractivity contribution in [1.29, 1.82) is 0 Å². The van der Waals surface area contributed by atoms with E-state index >= 15 is 0 Å². The lowest BCUT2D eigenvalue weighted by molar-refractivity contribution is 0.551. The first-order chi connectivity index (χ1) is 5.74. The Hall–Kier alpha value is -0.150. The minimum Gasteiger partial charge on any atom is -0.291 e. The molecule has 0 aliphatic heterocycles. The van der Waals surface area contributed by atoms with E-state index in [-0.39, 0.29) is 0 Å². The van der Waals surface area contributed by atoms with E-state index in [1.54, 1.807) is 0 Å². The number of carbonyl (C=O) groups excluding carboxylic acids is 1. The molecule has 1 rings (SSSR count). The number of rotatable bonds is 3. The van der Waals surface area contributed by atoms with Crippen LogP contribution in [-0.4, -0.2) is 6.29 Å². The molecule has 0 spiro atoms. The summed E-state index contributed by atoms with van der Waals surface area (Å²) in [6.45, 7) is 0. The normalized spacial score (nSPS) is 9.83. The lowest BCUT2D eigenvalue weighted by Gasteiger charge is -1.99. The van der Waals surface area contributed by atoms with Gasteiger partial charge in [-0.15, -0.1) is 0 Å². The molecule has 0 bridgehead atoms. The zero-order valence-electron chi connectivity index (χ0n) is 6.31. The van der Waals surface area contributed by atoms with Crippen molar-refractivity contribution < 1.29 is 4.79 Å². The summed E-state index contributed by atoms with van der Waals surface area (Å²) in [5, 5.41) is 0. The molecule has 0 amide bonds. The van der Waals surface area contributed by atoms with Gasteiger partial charge in [0.15, 0.2) is 6.29 Å². The average Bonchev–Trinajstić information content (AvgIpc) is 2.07. The molecule has 12 heavy (non-hydrogen) atoms. The van der Waals surface area contributed by atoms with Crippen LogP contribution < -0.4 is 0 Å². The maximum atomic E-state index is 9.98. The van der Waals surface area contributed by atoms with Gasteiger partial charge in [0.05, 0.1) is 0 Å². The van der Waals surface area contributed by atoms with Gasteiger partial charge in [-0.3, -0.25) is 4.79 Å². The van der Waals surface area contributed by atoms with Crippen LogP contribution in [0.5, 0.6) is 0 Å². The maximum absolute atomic E-state index is 9.98. The zero-order chi connectivity index (χ0) is 8.97. The predicted octanol–water partition coefficient (Wildman–Crippen LogP) is 3.25. The van der Waals surface area contributed by atoms with Crippen LogP contribution in [-0.2, 0) is 11.2 Å². The van der Waals surface area contributed by atoms with Crippen LogP contribution in [0.15, 0.2) is 27.1 Å². The number of aryl methyl sites for hydroxylation is 1. The van der Waals surface area contributed by atoms with Crippen LogP contribution in [0.25, 0.3) is 0 Å². The van der Waals surface area contributed by atoms with Crippen molar-refractivity contribution in [3.63, 3.8) is 0 Å². The van der Waals surface area contributed by atoms with Gasteiger partial charge in [-0.25, -0.2) is 0 Å². The van der Waals surface area contributed by atoms with Crippen molar-refractivity contribution in [2.24, 2.45) is 0 Å². The quantitative estimate of drug-likeness (QED) is 0.835. The van der Waals surface area contributed by atoms with Crippen LogP contribution in [0.2, 0.25) is 0 Å². The summed E-state index contributed by atoms with van der Waals surface area (Å²) in [4.78, 5) is 9.98. The summed E-state index contributed by atoms with van der Waals surface area (Å²) in [6, 6.07) is 5.96. The summed E-state index contributed by atoms with van der Waals surface area (Å²) in [5.74, 6) is 0. The van der Waals surface area contributed by atoms with Crippen LogP contribution in [0.1, 0.15) is 12.0 Å². The highest BCUT2D eigenvalue weighted by atomic mass is 79.9. The molecular weight excluding hydrogens is 284 g/mol. The second-order valence-corrected chi connectivity index (χ2v) is 4.10. The molecule has 0 saturated heterocycles. The van der Waals surface area contributed by atoms with Crippen LogP contribution in [0.3, 0.4) is 0 Å². The molecule has 1 nitrogen and oxygen atoms in total. The Balaban J connectivity index is 2.75. The molecule has 3 heteroatoms. The largest absolute Gasteiger partial charge is 0.291 e. The molecule has 1 aromatic rings. The number of hydrogen-bond acceptors (Lipinski definition) is 1. The Morgan fingerprint density at radius 1 is 1.25 bits per heavy atom. The van der Waals surface area contributed by atoms with Gasteiger partial charge in [-0.2, -0.15) is 0 Å². The summed E-state index contributed by atoms with van der Waals surface area (Å²) in [5.41, 5.74) is 1.15. The van der Waals surface area contributed by atoms with E-state index in [1.165, 1.54) is 0 Å². The van der Waals surface area contributed by atoms with Crippen molar-refractivity contribution in [3.8, 4) is 0 Å². The fraction of sp³-hybridized carbons (Fsp3) is 0.222. The molecule has 1 aromatic carbocycles. The highest BCUT2D eigenvalue weighted by molar-refractivity contribution is 9.13. The summed E-state index contributed by atoms with van der Waals surface area (Å²) < 4.78 is 2.05. The Kier molecular flexibility index (Phi) is 3.95. The van der Waals surface area contributed by atoms with Gasteiger partial charge in [-0.05, 0) is 56.0 Å². The van der Waals surface area contributed by atoms with E-state index in [0.717, 1.165) is 20.9 Å². The first-order valence-electron chi connectivity index (χ1n) is 3.53. The lowest BCUT2D eigenvalue weighted by atomic mass is 10.1. The van der Waals surface area contributed by atoms with Crippen molar-refractivity contribution in [1.82, 2.24) is 0 Å². The zero-order valence-corrected chi connectivity index (χ0v) is 9.48.